The van der Waals surface area contributed by atoms with Gasteiger partial charge in [-0.1, -0.05) is 35.3 Å². The minimum atomic E-state index is -0.281. The molecule has 0 fully saturated rings. The molecular formula is C18H16Cl2N2O3. The molecule has 1 N–H and O–H groups in total. The second-order valence-electron chi connectivity index (χ2n) is 5.12. The number of rotatable bonds is 7. The second-order valence-corrected chi connectivity index (χ2v) is 5.96. The summed E-state index contributed by atoms with van der Waals surface area (Å²) in [5, 5.41) is 12.6. The summed E-state index contributed by atoms with van der Waals surface area (Å²) in [6, 6.07) is 12.4. The van der Waals surface area contributed by atoms with Gasteiger partial charge in [0.05, 0.1) is 23.8 Å². The standard InChI is InChI=1S/C18H16Cl2N2O3/c1-24-16-9-13(10-21)8-15(20)18(16)25-11-17(23)22-7-6-12-2-4-14(19)5-3-12/h2-5,8-9H,6-7,11H2,1H3,(H,22,23). The van der Waals surface area contributed by atoms with Gasteiger partial charge in [-0.3, -0.25) is 4.79 Å². The van der Waals surface area contributed by atoms with Crippen LogP contribution in [0.1, 0.15) is 11.1 Å². The fourth-order valence-electron chi connectivity index (χ4n) is 2.11. The van der Waals surface area contributed by atoms with Crippen molar-refractivity contribution in [2.75, 3.05) is 20.3 Å². The van der Waals surface area contributed by atoms with E-state index in [1.165, 1.54) is 19.2 Å². The van der Waals surface area contributed by atoms with E-state index < -0.39 is 0 Å². The highest BCUT2D eigenvalue weighted by Gasteiger charge is 2.13. The topological polar surface area (TPSA) is 71.3 Å². The molecule has 0 radical (unpaired) electrons. The zero-order valence-electron chi connectivity index (χ0n) is 13.5. The van der Waals surface area contributed by atoms with E-state index in [1.807, 2.05) is 18.2 Å². The molecule has 0 saturated carbocycles. The largest absolute Gasteiger partial charge is 0.493 e. The van der Waals surface area contributed by atoms with Gasteiger partial charge in [0.1, 0.15) is 0 Å². The highest BCUT2D eigenvalue weighted by atomic mass is 35.5. The summed E-state index contributed by atoms with van der Waals surface area (Å²) in [5.74, 6) is 0.255. The van der Waals surface area contributed by atoms with E-state index in [2.05, 4.69) is 5.32 Å². The summed E-state index contributed by atoms with van der Waals surface area (Å²) >= 11 is 11.9. The Morgan fingerprint density at radius 1 is 1.24 bits per heavy atom. The van der Waals surface area contributed by atoms with Crippen molar-refractivity contribution >= 4 is 29.1 Å². The summed E-state index contributed by atoms with van der Waals surface area (Å²) < 4.78 is 10.6. The molecule has 25 heavy (non-hydrogen) atoms. The number of carbonyl (C=O) groups is 1. The molecule has 0 spiro atoms. The van der Waals surface area contributed by atoms with Gasteiger partial charge in [-0.25, -0.2) is 0 Å². The van der Waals surface area contributed by atoms with Crippen LogP contribution in [0.25, 0.3) is 0 Å². The maximum Gasteiger partial charge on any atom is 0.257 e. The molecule has 7 heteroatoms. The summed E-state index contributed by atoms with van der Waals surface area (Å²) in [7, 11) is 1.44. The van der Waals surface area contributed by atoms with Gasteiger partial charge in [-0.15, -0.1) is 0 Å². The summed E-state index contributed by atoms with van der Waals surface area (Å²) in [5.41, 5.74) is 1.42. The minimum Gasteiger partial charge on any atom is -0.493 e. The number of nitriles is 1. The van der Waals surface area contributed by atoms with Crippen LogP contribution in [0.4, 0.5) is 0 Å². The van der Waals surface area contributed by atoms with E-state index in [9.17, 15) is 4.79 Å². The lowest BCUT2D eigenvalue weighted by atomic mass is 10.1. The zero-order valence-corrected chi connectivity index (χ0v) is 15.0. The lowest BCUT2D eigenvalue weighted by Crippen LogP contribution is -2.30. The molecule has 2 aromatic rings. The van der Waals surface area contributed by atoms with Crippen LogP contribution in [0.2, 0.25) is 10.0 Å². The first-order chi connectivity index (χ1) is 12.0. The van der Waals surface area contributed by atoms with Crippen LogP contribution in [0.15, 0.2) is 36.4 Å². The Kier molecular flexibility index (Phi) is 6.93. The lowest BCUT2D eigenvalue weighted by Gasteiger charge is -2.12. The van der Waals surface area contributed by atoms with Gasteiger partial charge in [0.25, 0.3) is 5.91 Å². The van der Waals surface area contributed by atoms with Crippen LogP contribution in [0.5, 0.6) is 11.5 Å². The van der Waals surface area contributed by atoms with Crippen LogP contribution in [0, 0.1) is 11.3 Å². The molecule has 0 aliphatic rings. The van der Waals surface area contributed by atoms with E-state index in [0.29, 0.717) is 29.3 Å². The molecule has 0 atom stereocenters. The molecule has 0 aliphatic carbocycles. The van der Waals surface area contributed by atoms with Crippen molar-refractivity contribution in [3.8, 4) is 17.6 Å². The van der Waals surface area contributed by atoms with E-state index in [-0.39, 0.29) is 23.3 Å². The fourth-order valence-corrected chi connectivity index (χ4v) is 2.50. The molecule has 2 aromatic carbocycles. The zero-order chi connectivity index (χ0) is 18.2. The Morgan fingerprint density at radius 2 is 1.96 bits per heavy atom. The number of nitrogens with one attached hydrogen (secondary N) is 1. The monoisotopic (exact) mass is 378 g/mol. The Balaban J connectivity index is 1.85. The van der Waals surface area contributed by atoms with Crippen LogP contribution in [-0.2, 0) is 11.2 Å². The quantitative estimate of drug-likeness (QED) is 0.798. The number of methoxy groups -OCH3 is 1. The number of amides is 1. The number of hydrogen-bond acceptors (Lipinski definition) is 4. The first kappa shape index (κ1) is 18.9. The van der Waals surface area contributed by atoms with Crippen LogP contribution >= 0.6 is 23.2 Å². The number of ether oxygens (including phenoxy) is 2. The molecule has 2 rings (SSSR count). The number of benzene rings is 2. The van der Waals surface area contributed by atoms with Crippen molar-refractivity contribution in [1.82, 2.24) is 5.32 Å². The van der Waals surface area contributed by atoms with E-state index in [1.54, 1.807) is 12.1 Å². The van der Waals surface area contributed by atoms with Crippen LogP contribution in [-0.4, -0.2) is 26.2 Å². The van der Waals surface area contributed by atoms with Crippen molar-refractivity contribution in [3.63, 3.8) is 0 Å². The molecule has 0 heterocycles. The molecule has 5 nitrogen and oxygen atoms in total. The number of hydrogen-bond donors (Lipinski definition) is 1. The van der Waals surface area contributed by atoms with Gasteiger partial charge in [-0.05, 0) is 30.2 Å². The third kappa shape index (κ3) is 5.56. The SMILES string of the molecule is COc1cc(C#N)cc(Cl)c1OCC(=O)NCCc1ccc(Cl)cc1. The highest BCUT2D eigenvalue weighted by molar-refractivity contribution is 6.32. The predicted octanol–water partition coefficient (Wildman–Crippen LogP) is 3.61. The van der Waals surface area contributed by atoms with E-state index >= 15 is 0 Å². The molecule has 0 aliphatic heterocycles. The van der Waals surface area contributed by atoms with Crippen LogP contribution < -0.4 is 14.8 Å². The predicted molar refractivity (Wildman–Crippen MR) is 96.4 cm³/mol. The van der Waals surface area contributed by atoms with Gasteiger partial charge in [0.2, 0.25) is 0 Å². The van der Waals surface area contributed by atoms with Crippen LogP contribution in [0.3, 0.4) is 0 Å². The van der Waals surface area contributed by atoms with Crippen molar-refractivity contribution < 1.29 is 14.3 Å². The van der Waals surface area contributed by atoms with E-state index in [0.717, 1.165) is 5.56 Å². The first-order valence-corrected chi connectivity index (χ1v) is 8.20. The van der Waals surface area contributed by atoms with Crippen molar-refractivity contribution in [1.29, 1.82) is 5.26 Å². The number of carbonyl (C=O) groups excluding carboxylic acids is 1. The second kappa shape index (κ2) is 9.16. The minimum absolute atomic E-state index is 0.206. The third-order valence-electron chi connectivity index (χ3n) is 3.36. The Morgan fingerprint density at radius 3 is 2.60 bits per heavy atom. The molecule has 1 amide bonds. The normalized spacial score (nSPS) is 10.0. The summed E-state index contributed by atoms with van der Waals surface area (Å²) in [6.07, 6.45) is 0.684. The van der Waals surface area contributed by atoms with Gasteiger partial charge in [0.15, 0.2) is 18.1 Å². The molecule has 0 aromatic heterocycles. The smallest absolute Gasteiger partial charge is 0.257 e. The molecular weight excluding hydrogens is 363 g/mol. The molecule has 0 bridgehead atoms. The maximum absolute atomic E-state index is 11.9. The average Bonchev–Trinajstić information content (AvgIpc) is 2.61. The van der Waals surface area contributed by atoms with Crippen molar-refractivity contribution in [2.24, 2.45) is 0 Å². The first-order valence-electron chi connectivity index (χ1n) is 7.45. The highest BCUT2D eigenvalue weighted by Crippen LogP contribution is 2.36. The Bertz CT molecular complexity index is 786. The molecule has 0 unspecified atom stereocenters. The maximum atomic E-state index is 11.9. The molecule has 130 valence electrons. The van der Waals surface area contributed by atoms with E-state index in [4.69, 9.17) is 37.9 Å². The van der Waals surface area contributed by atoms with Gasteiger partial charge in [0, 0.05) is 17.6 Å². The number of halogens is 2. The van der Waals surface area contributed by atoms with Crippen molar-refractivity contribution in [2.45, 2.75) is 6.42 Å². The fraction of sp³-hybridized carbons (Fsp3) is 0.222. The lowest BCUT2D eigenvalue weighted by molar-refractivity contribution is -0.123. The van der Waals surface area contributed by atoms with Gasteiger partial charge in [-0.2, -0.15) is 5.26 Å². The Labute approximate surface area is 156 Å². The van der Waals surface area contributed by atoms with Gasteiger partial charge >= 0.3 is 0 Å². The third-order valence-corrected chi connectivity index (χ3v) is 3.89. The van der Waals surface area contributed by atoms with Gasteiger partial charge < -0.3 is 14.8 Å². The molecule has 0 saturated heterocycles. The summed E-state index contributed by atoms with van der Waals surface area (Å²) in [6.45, 7) is 0.269. The summed E-state index contributed by atoms with van der Waals surface area (Å²) in [4.78, 5) is 11.9. The van der Waals surface area contributed by atoms with Crippen molar-refractivity contribution in [3.05, 3.63) is 57.6 Å². The number of nitrogens with zero attached hydrogens (tertiary/aromatic N) is 1. The Hall–Kier alpha value is -2.42. The average molecular weight is 379 g/mol.